The Balaban J connectivity index is 2.44. The maximum absolute atomic E-state index is 11.8. The van der Waals surface area contributed by atoms with Crippen LogP contribution in [0, 0.1) is 17.0 Å². The summed E-state index contributed by atoms with van der Waals surface area (Å²) in [5, 5.41) is 21.9. The molecule has 7 nitrogen and oxygen atoms in total. The predicted octanol–water partition coefficient (Wildman–Crippen LogP) is 2.28. The van der Waals surface area contributed by atoms with Crippen LogP contribution in [0.3, 0.4) is 0 Å². The van der Waals surface area contributed by atoms with Gasteiger partial charge in [0.25, 0.3) is 11.6 Å². The van der Waals surface area contributed by atoms with Gasteiger partial charge in [0.15, 0.2) is 0 Å². The standard InChI is InChI=1S/C14H18N2O5/c1-10-6-7-11(9-12(10)16(20)21)14(19)15-8-4-2-3-5-13(17)18/h6-7,9H,2-5,8H2,1H3,(H,15,19)(H,17,18). The average Bonchev–Trinajstić information content (AvgIpc) is 2.42. The Morgan fingerprint density at radius 2 is 2.00 bits per heavy atom. The van der Waals surface area contributed by atoms with E-state index >= 15 is 0 Å². The van der Waals surface area contributed by atoms with Crippen LogP contribution in [0.25, 0.3) is 0 Å². The number of hydrogen-bond acceptors (Lipinski definition) is 4. The van der Waals surface area contributed by atoms with Crippen molar-refractivity contribution in [1.82, 2.24) is 5.32 Å². The molecule has 21 heavy (non-hydrogen) atoms. The fourth-order valence-electron chi connectivity index (χ4n) is 1.83. The lowest BCUT2D eigenvalue weighted by molar-refractivity contribution is -0.385. The van der Waals surface area contributed by atoms with Gasteiger partial charge in [-0.15, -0.1) is 0 Å². The van der Waals surface area contributed by atoms with Gasteiger partial charge in [0.1, 0.15) is 0 Å². The zero-order valence-corrected chi connectivity index (χ0v) is 11.8. The number of carboxylic acids is 1. The first kappa shape index (κ1) is 16.6. The number of unbranched alkanes of at least 4 members (excludes halogenated alkanes) is 2. The van der Waals surface area contributed by atoms with Crippen LogP contribution in [-0.2, 0) is 4.79 Å². The summed E-state index contributed by atoms with van der Waals surface area (Å²) in [5.74, 6) is -1.19. The Morgan fingerprint density at radius 1 is 1.29 bits per heavy atom. The Kier molecular flexibility index (Phi) is 6.32. The Labute approximate surface area is 122 Å². The minimum atomic E-state index is -0.828. The molecular formula is C14H18N2O5. The van der Waals surface area contributed by atoms with E-state index < -0.39 is 10.9 Å². The molecule has 0 aliphatic rings. The number of nitro groups is 1. The molecule has 7 heteroatoms. The highest BCUT2D eigenvalue weighted by atomic mass is 16.6. The largest absolute Gasteiger partial charge is 0.481 e. The molecule has 0 aliphatic heterocycles. The lowest BCUT2D eigenvalue weighted by Gasteiger charge is -2.06. The number of hydrogen-bond donors (Lipinski definition) is 2. The SMILES string of the molecule is Cc1ccc(C(=O)NCCCCCC(=O)O)cc1[N+](=O)[O-]. The Morgan fingerprint density at radius 3 is 2.62 bits per heavy atom. The van der Waals surface area contributed by atoms with Crippen LogP contribution in [0.5, 0.6) is 0 Å². The molecule has 0 aliphatic carbocycles. The topological polar surface area (TPSA) is 110 Å². The van der Waals surface area contributed by atoms with Gasteiger partial charge in [0, 0.05) is 30.2 Å². The van der Waals surface area contributed by atoms with Gasteiger partial charge in [0.2, 0.25) is 0 Å². The second kappa shape index (κ2) is 7.98. The lowest BCUT2D eigenvalue weighted by atomic mass is 10.1. The molecule has 0 saturated heterocycles. The third-order valence-corrected chi connectivity index (χ3v) is 3.02. The number of carbonyl (C=O) groups excluding carboxylic acids is 1. The van der Waals surface area contributed by atoms with Gasteiger partial charge in [0.05, 0.1) is 4.92 Å². The van der Waals surface area contributed by atoms with E-state index in [0.717, 1.165) is 0 Å². The van der Waals surface area contributed by atoms with Gasteiger partial charge in [-0.25, -0.2) is 0 Å². The number of carboxylic acid groups (broad SMARTS) is 1. The number of carbonyl (C=O) groups is 2. The molecule has 0 fully saturated rings. The monoisotopic (exact) mass is 294 g/mol. The predicted molar refractivity (Wildman–Crippen MR) is 76.3 cm³/mol. The maximum Gasteiger partial charge on any atom is 0.303 e. The van der Waals surface area contributed by atoms with E-state index in [-0.39, 0.29) is 23.6 Å². The summed E-state index contributed by atoms with van der Waals surface area (Å²) in [6.45, 7) is 2.03. The molecule has 2 N–H and O–H groups in total. The number of nitro benzene ring substituents is 1. The van der Waals surface area contributed by atoms with Gasteiger partial charge in [-0.1, -0.05) is 12.5 Å². The van der Waals surface area contributed by atoms with E-state index in [9.17, 15) is 19.7 Å². The minimum absolute atomic E-state index is 0.0795. The van der Waals surface area contributed by atoms with Crippen LogP contribution in [-0.4, -0.2) is 28.5 Å². The number of amides is 1. The first-order valence-electron chi connectivity index (χ1n) is 6.67. The van der Waals surface area contributed by atoms with Crippen LogP contribution < -0.4 is 5.32 Å². The second-order valence-corrected chi connectivity index (χ2v) is 4.72. The fourth-order valence-corrected chi connectivity index (χ4v) is 1.83. The van der Waals surface area contributed by atoms with Crippen LogP contribution in [0.4, 0.5) is 5.69 Å². The molecule has 1 aromatic rings. The number of nitrogens with one attached hydrogen (secondary N) is 1. The molecule has 0 atom stereocenters. The van der Waals surface area contributed by atoms with E-state index in [1.165, 1.54) is 6.07 Å². The summed E-state index contributed by atoms with van der Waals surface area (Å²) in [6, 6.07) is 4.34. The summed E-state index contributed by atoms with van der Waals surface area (Å²) in [4.78, 5) is 32.5. The van der Waals surface area contributed by atoms with E-state index in [1.54, 1.807) is 19.1 Å². The fraction of sp³-hybridized carbons (Fsp3) is 0.429. The van der Waals surface area contributed by atoms with Crippen LogP contribution in [0.2, 0.25) is 0 Å². The summed E-state index contributed by atoms with van der Waals surface area (Å²) < 4.78 is 0. The molecule has 0 heterocycles. The highest BCUT2D eigenvalue weighted by molar-refractivity contribution is 5.94. The zero-order valence-electron chi connectivity index (χ0n) is 11.8. The molecule has 0 saturated carbocycles. The number of nitrogens with zero attached hydrogens (tertiary/aromatic N) is 1. The molecule has 1 amide bonds. The Bertz CT molecular complexity index is 542. The average molecular weight is 294 g/mol. The van der Waals surface area contributed by atoms with E-state index in [0.29, 0.717) is 31.4 Å². The molecule has 0 radical (unpaired) electrons. The van der Waals surface area contributed by atoms with Gasteiger partial charge in [-0.2, -0.15) is 0 Å². The summed E-state index contributed by atoms with van der Waals surface area (Å²) in [5.41, 5.74) is 0.673. The summed E-state index contributed by atoms with van der Waals surface area (Å²) in [6.07, 6.45) is 2.08. The maximum atomic E-state index is 11.8. The second-order valence-electron chi connectivity index (χ2n) is 4.72. The number of aliphatic carboxylic acids is 1. The van der Waals surface area contributed by atoms with Crippen molar-refractivity contribution in [1.29, 1.82) is 0 Å². The molecule has 0 unspecified atom stereocenters. The highest BCUT2D eigenvalue weighted by Gasteiger charge is 2.14. The first-order chi connectivity index (χ1) is 9.91. The third kappa shape index (κ3) is 5.60. The van der Waals surface area contributed by atoms with Crippen LogP contribution in [0.1, 0.15) is 41.6 Å². The number of aryl methyl sites for hydroxylation is 1. The van der Waals surface area contributed by atoms with Gasteiger partial charge < -0.3 is 10.4 Å². The van der Waals surface area contributed by atoms with E-state index in [4.69, 9.17) is 5.11 Å². The van der Waals surface area contributed by atoms with Gasteiger partial charge in [-0.05, 0) is 25.8 Å². The molecule has 0 aromatic heterocycles. The quantitative estimate of drug-likeness (QED) is 0.434. The Hall–Kier alpha value is -2.44. The molecule has 1 rings (SSSR count). The van der Waals surface area contributed by atoms with Crippen molar-refractivity contribution in [3.63, 3.8) is 0 Å². The molecule has 0 bridgehead atoms. The van der Waals surface area contributed by atoms with E-state index in [2.05, 4.69) is 5.32 Å². The summed E-state index contributed by atoms with van der Waals surface area (Å²) >= 11 is 0. The molecule has 1 aromatic carbocycles. The van der Waals surface area contributed by atoms with Crippen molar-refractivity contribution in [3.05, 3.63) is 39.4 Å². The number of rotatable bonds is 8. The van der Waals surface area contributed by atoms with Crippen molar-refractivity contribution in [2.45, 2.75) is 32.6 Å². The highest BCUT2D eigenvalue weighted by Crippen LogP contribution is 2.19. The molecular weight excluding hydrogens is 276 g/mol. The van der Waals surface area contributed by atoms with Crippen LogP contribution in [0.15, 0.2) is 18.2 Å². The van der Waals surface area contributed by atoms with Gasteiger partial charge in [-0.3, -0.25) is 19.7 Å². The smallest absolute Gasteiger partial charge is 0.303 e. The first-order valence-corrected chi connectivity index (χ1v) is 6.67. The van der Waals surface area contributed by atoms with Crippen LogP contribution >= 0.6 is 0 Å². The van der Waals surface area contributed by atoms with Crippen molar-refractivity contribution in [2.24, 2.45) is 0 Å². The van der Waals surface area contributed by atoms with Crippen molar-refractivity contribution in [3.8, 4) is 0 Å². The third-order valence-electron chi connectivity index (χ3n) is 3.02. The van der Waals surface area contributed by atoms with Crippen molar-refractivity contribution >= 4 is 17.6 Å². The molecule has 114 valence electrons. The molecule has 0 spiro atoms. The van der Waals surface area contributed by atoms with Gasteiger partial charge >= 0.3 is 5.97 Å². The van der Waals surface area contributed by atoms with E-state index in [1.807, 2.05) is 0 Å². The zero-order chi connectivity index (χ0) is 15.8. The van der Waals surface area contributed by atoms with Crippen molar-refractivity contribution < 1.29 is 19.6 Å². The summed E-state index contributed by atoms with van der Waals surface area (Å²) in [7, 11) is 0. The normalized spacial score (nSPS) is 10.1. The van der Waals surface area contributed by atoms with Crippen molar-refractivity contribution in [2.75, 3.05) is 6.54 Å². The lowest BCUT2D eigenvalue weighted by Crippen LogP contribution is -2.24. The minimum Gasteiger partial charge on any atom is -0.481 e. The number of benzene rings is 1.